The van der Waals surface area contributed by atoms with Crippen molar-refractivity contribution in [1.29, 1.82) is 0 Å². The number of unbranched alkanes of at least 4 members (excludes halogenated alkanes) is 3. The Hall–Kier alpha value is -1.88. The van der Waals surface area contributed by atoms with Gasteiger partial charge in [0, 0.05) is 51.3 Å². The third kappa shape index (κ3) is 4.27. The van der Waals surface area contributed by atoms with Crippen LogP contribution in [-0.4, -0.2) is 18.2 Å². The summed E-state index contributed by atoms with van der Waals surface area (Å²) in [6, 6.07) is 5.99. The number of ether oxygens (including phenoxy) is 1. The maximum absolute atomic E-state index is 13.0. The normalized spacial score (nSPS) is 19.5. The smallest absolute Gasteiger partial charge is 0.161 e. The molecular weight excluding hydrogens is 442 g/mol. The summed E-state index contributed by atoms with van der Waals surface area (Å²) in [5.74, 6) is 0.789. The number of halogens is 1. The zero-order valence-corrected chi connectivity index (χ0v) is 19.3. The number of Topliss-reactive ketones (excluding diaryl/α,β-unsaturated/α-hetero) is 2. The van der Waals surface area contributed by atoms with E-state index >= 15 is 0 Å². The molecule has 0 bridgehead atoms. The molecule has 3 aliphatic rings. The quantitative estimate of drug-likeness (QED) is 0.487. The number of dihydropyridines is 1. The van der Waals surface area contributed by atoms with Crippen LogP contribution in [0.15, 0.2) is 45.2 Å². The molecule has 0 aromatic heterocycles. The molecule has 1 heterocycles. The van der Waals surface area contributed by atoms with E-state index in [9.17, 15) is 9.59 Å². The van der Waals surface area contributed by atoms with Gasteiger partial charge in [0.2, 0.25) is 0 Å². The molecule has 0 amide bonds. The standard InChI is InChI=1S/C25H30BrNO3/c1-2-3-4-5-14-30-22-13-12-16(26)15-17(22)23-24-18(8-6-10-20(24)28)27-19-9-7-11-21(29)25(19)23/h12-13,15,23,27H,2-11,14H2,1H3. The Bertz CT molecular complexity index is 873. The third-order valence-electron chi connectivity index (χ3n) is 6.33. The Balaban J connectivity index is 1.75. The number of benzene rings is 1. The molecule has 0 saturated heterocycles. The second-order valence-electron chi connectivity index (χ2n) is 8.49. The number of ketones is 2. The monoisotopic (exact) mass is 471 g/mol. The van der Waals surface area contributed by atoms with Crippen LogP contribution < -0.4 is 10.1 Å². The van der Waals surface area contributed by atoms with Crippen LogP contribution in [0, 0.1) is 0 Å². The van der Waals surface area contributed by atoms with Crippen molar-refractivity contribution in [2.24, 2.45) is 0 Å². The maximum Gasteiger partial charge on any atom is 0.161 e. The van der Waals surface area contributed by atoms with Crippen molar-refractivity contribution >= 4 is 27.5 Å². The summed E-state index contributed by atoms with van der Waals surface area (Å²) in [7, 11) is 0. The van der Waals surface area contributed by atoms with E-state index in [2.05, 4.69) is 28.2 Å². The van der Waals surface area contributed by atoms with Gasteiger partial charge in [0.25, 0.3) is 0 Å². The molecule has 0 radical (unpaired) electrons. The first-order valence-corrected chi connectivity index (χ1v) is 12.1. The van der Waals surface area contributed by atoms with Crippen molar-refractivity contribution < 1.29 is 14.3 Å². The minimum atomic E-state index is -0.319. The summed E-state index contributed by atoms with van der Waals surface area (Å²) < 4.78 is 7.15. The van der Waals surface area contributed by atoms with Crippen LogP contribution in [0.1, 0.15) is 82.6 Å². The largest absolute Gasteiger partial charge is 0.493 e. The highest BCUT2D eigenvalue weighted by Crippen LogP contribution is 2.48. The molecule has 1 N–H and O–H groups in total. The van der Waals surface area contributed by atoms with Gasteiger partial charge >= 0.3 is 0 Å². The van der Waals surface area contributed by atoms with Gasteiger partial charge in [0.15, 0.2) is 11.6 Å². The van der Waals surface area contributed by atoms with E-state index in [1.165, 1.54) is 12.8 Å². The molecule has 4 rings (SSSR count). The lowest BCUT2D eigenvalue weighted by Gasteiger charge is -2.37. The second kappa shape index (κ2) is 9.51. The van der Waals surface area contributed by atoms with Gasteiger partial charge in [-0.25, -0.2) is 0 Å². The van der Waals surface area contributed by atoms with Crippen LogP contribution in [-0.2, 0) is 9.59 Å². The number of hydrogen-bond donors (Lipinski definition) is 1. The van der Waals surface area contributed by atoms with E-state index in [0.717, 1.165) is 76.9 Å². The van der Waals surface area contributed by atoms with Crippen LogP contribution >= 0.6 is 15.9 Å². The topological polar surface area (TPSA) is 55.4 Å². The van der Waals surface area contributed by atoms with Gasteiger partial charge in [0.1, 0.15) is 5.75 Å². The molecule has 1 aromatic rings. The minimum Gasteiger partial charge on any atom is -0.493 e. The third-order valence-corrected chi connectivity index (χ3v) is 6.82. The first-order valence-electron chi connectivity index (χ1n) is 11.3. The lowest BCUT2D eigenvalue weighted by atomic mass is 9.71. The summed E-state index contributed by atoms with van der Waals surface area (Å²) in [5.41, 5.74) is 4.53. The van der Waals surface area contributed by atoms with E-state index in [4.69, 9.17) is 4.74 Å². The van der Waals surface area contributed by atoms with Crippen molar-refractivity contribution in [2.45, 2.75) is 77.0 Å². The van der Waals surface area contributed by atoms with E-state index < -0.39 is 0 Å². The van der Waals surface area contributed by atoms with Gasteiger partial charge in [-0.15, -0.1) is 0 Å². The predicted octanol–water partition coefficient (Wildman–Crippen LogP) is 6.11. The average molecular weight is 472 g/mol. The van der Waals surface area contributed by atoms with Crippen LogP contribution in [0.4, 0.5) is 0 Å². The molecule has 160 valence electrons. The fourth-order valence-corrected chi connectivity index (χ4v) is 5.26. The molecule has 1 aliphatic heterocycles. The first kappa shape index (κ1) is 21.4. The molecule has 0 unspecified atom stereocenters. The van der Waals surface area contributed by atoms with Gasteiger partial charge in [0.05, 0.1) is 6.61 Å². The Morgan fingerprint density at radius 3 is 2.27 bits per heavy atom. The van der Waals surface area contributed by atoms with Gasteiger partial charge < -0.3 is 10.1 Å². The van der Waals surface area contributed by atoms with Crippen molar-refractivity contribution in [3.8, 4) is 5.75 Å². The first-order chi connectivity index (χ1) is 14.6. The molecule has 0 saturated carbocycles. The van der Waals surface area contributed by atoms with Crippen molar-refractivity contribution in [2.75, 3.05) is 6.61 Å². The SMILES string of the molecule is CCCCCCOc1ccc(Br)cc1C1C2=C(CCCC2=O)NC2=C1C(=O)CCC2. The molecule has 30 heavy (non-hydrogen) atoms. The highest BCUT2D eigenvalue weighted by Gasteiger charge is 2.41. The number of rotatable bonds is 7. The van der Waals surface area contributed by atoms with Gasteiger partial charge in [-0.05, 0) is 50.3 Å². The van der Waals surface area contributed by atoms with E-state index in [1.54, 1.807) is 0 Å². The molecule has 2 aliphatic carbocycles. The Labute approximate surface area is 187 Å². The fraction of sp³-hybridized carbons (Fsp3) is 0.520. The summed E-state index contributed by atoms with van der Waals surface area (Å²) >= 11 is 3.60. The summed E-state index contributed by atoms with van der Waals surface area (Å²) in [4.78, 5) is 26.1. The molecule has 1 aromatic carbocycles. The molecular formula is C25H30BrNO3. The van der Waals surface area contributed by atoms with Crippen molar-refractivity contribution in [3.05, 3.63) is 50.8 Å². The zero-order valence-electron chi connectivity index (χ0n) is 17.7. The number of hydrogen-bond acceptors (Lipinski definition) is 4. The van der Waals surface area contributed by atoms with Crippen LogP contribution in [0.25, 0.3) is 0 Å². The lowest BCUT2D eigenvalue weighted by Crippen LogP contribution is -2.36. The minimum absolute atomic E-state index is 0.160. The van der Waals surface area contributed by atoms with Gasteiger partial charge in [-0.3, -0.25) is 9.59 Å². The van der Waals surface area contributed by atoms with E-state index in [1.807, 2.05) is 18.2 Å². The fourth-order valence-electron chi connectivity index (χ4n) is 4.88. The highest BCUT2D eigenvalue weighted by atomic mass is 79.9. The Kier molecular flexibility index (Phi) is 6.77. The number of allylic oxidation sites excluding steroid dienone is 4. The average Bonchev–Trinajstić information content (AvgIpc) is 2.73. The van der Waals surface area contributed by atoms with Crippen LogP contribution in [0.5, 0.6) is 5.75 Å². The van der Waals surface area contributed by atoms with Gasteiger partial charge in [-0.1, -0.05) is 42.1 Å². The zero-order chi connectivity index (χ0) is 21.1. The number of carbonyl (C=O) groups excluding carboxylic acids is 2. The summed E-state index contributed by atoms with van der Waals surface area (Å²) in [6.07, 6.45) is 9.13. The van der Waals surface area contributed by atoms with E-state index in [0.29, 0.717) is 19.4 Å². The highest BCUT2D eigenvalue weighted by molar-refractivity contribution is 9.10. The number of carbonyl (C=O) groups is 2. The predicted molar refractivity (Wildman–Crippen MR) is 121 cm³/mol. The van der Waals surface area contributed by atoms with Crippen LogP contribution in [0.3, 0.4) is 0 Å². The van der Waals surface area contributed by atoms with E-state index in [-0.39, 0.29) is 17.5 Å². The molecule has 5 heteroatoms. The van der Waals surface area contributed by atoms with Crippen molar-refractivity contribution in [1.82, 2.24) is 5.32 Å². The molecule has 0 fully saturated rings. The lowest BCUT2D eigenvalue weighted by molar-refractivity contribution is -0.116. The molecule has 0 spiro atoms. The summed E-state index contributed by atoms with van der Waals surface area (Å²) in [6.45, 7) is 2.85. The van der Waals surface area contributed by atoms with Crippen molar-refractivity contribution in [3.63, 3.8) is 0 Å². The Morgan fingerprint density at radius 1 is 0.967 bits per heavy atom. The summed E-state index contributed by atoms with van der Waals surface area (Å²) in [5, 5.41) is 3.48. The number of nitrogens with one attached hydrogen (secondary N) is 1. The molecule has 0 atom stereocenters. The van der Waals surface area contributed by atoms with Crippen LogP contribution in [0.2, 0.25) is 0 Å². The molecule has 4 nitrogen and oxygen atoms in total. The Morgan fingerprint density at radius 2 is 1.63 bits per heavy atom. The second-order valence-corrected chi connectivity index (χ2v) is 9.40. The van der Waals surface area contributed by atoms with Gasteiger partial charge in [-0.2, -0.15) is 0 Å². The maximum atomic E-state index is 13.0.